The molecule has 0 spiro atoms. The molecule has 114 valence electrons. The van der Waals surface area contributed by atoms with Crippen molar-refractivity contribution >= 4 is 0 Å². The van der Waals surface area contributed by atoms with Crippen molar-refractivity contribution in [2.75, 3.05) is 6.54 Å². The predicted molar refractivity (Wildman–Crippen MR) is 76.0 cm³/mol. The number of hydrogen-bond acceptors (Lipinski definition) is 3. The van der Waals surface area contributed by atoms with E-state index in [0.717, 1.165) is 17.8 Å². The van der Waals surface area contributed by atoms with Gasteiger partial charge in [-0.3, -0.25) is 4.68 Å². The molecular weight excluding hydrogens is 276 g/mol. The van der Waals surface area contributed by atoms with Crippen molar-refractivity contribution in [3.05, 3.63) is 46.8 Å². The topological polar surface area (TPSA) is 53.1 Å². The molecule has 0 unspecified atom stereocenters. The zero-order chi connectivity index (χ0) is 15.4. The molecule has 4 nitrogen and oxygen atoms in total. The molecule has 1 aromatic carbocycles. The lowest BCUT2D eigenvalue weighted by Crippen LogP contribution is -2.07. The summed E-state index contributed by atoms with van der Waals surface area (Å²) in [6, 6.07) is 4.37. The Hall–Kier alpha value is -1.95. The Morgan fingerprint density at radius 2 is 1.90 bits per heavy atom. The van der Waals surface area contributed by atoms with Crippen LogP contribution in [0.5, 0.6) is 5.75 Å². The number of aryl methyl sites for hydroxylation is 2. The summed E-state index contributed by atoms with van der Waals surface area (Å²) in [7, 11) is 1.77. The maximum Gasteiger partial charge on any atom is 0.191 e. The van der Waals surface area contributed by atoms with Gasteiger partial charge < -0.3 is 10.5 Å². The summed E-state index contributed by atoms with van der Waals surface area (Å²) < 4.78 is 34.7. The van der Waals surface area contributed by atoms with E-state index in [1.165, 1.54) is 12.1 Å². The molecule has 0 bridgehead atoms. The maximum atomic E-state index is 13.9. The third-order valence-corrected chi connectivity index (χ3v) is 3.25. The van der Waals surface area contributed by atoms with Gasteiger partial charge in [0.25, 0.3) is 0 Å². The number of aromatic nitrogens is 2. The van der Waals surface area contributed by atoms with Crippen LogP contribution < -0.4 is 10.5 Å². The molecule has 21 heavy (non-hydrogen) atoms. The Labute approximate surface area is 122 Å². The monoisotopic (exact) mass is 295 g/mol. The second-order valence-corrected chi connectivity index (χ2v) is 4.82. The Kier molecular flexibility index (Phi) is 4.90. The summed E-state index contributed by atoms with van der Waals surface area (Å²) in [6.07, 6.45) is 1.22. The molecule has 0 saturated heterocycles. The lowest BCUT2D eigenvalue weighted by Gasteiger charge is -2.10. The van der Waals surface area contributed by atoms with Crippen molar-refractivity contribution in [1.29, 1.82) is 0 Å². The van der Waals surface area contributed by atoms with Gasteiger partial charge in [-0.15, -0.1) is 0 Å². The molecule has 2 aromatic rings. The summed E-state index contributed by atoms with van der Waals surface area (Å²) in [4.78, 5) is 0. The van der Waals surface area contributed by atoms with Gasteiger partial charge in [-0.25, -0.2) is 8.78 Å². The molecule has 2 N–H and O–H groups in total. The highest BCUT2D eigenvalue weighted by Gasteiger charge is 2.14. The average molecular weight is 295 g/mol. The van der Waals surface area contributed by atoms with E-state index in [1.807, 2.05) is 13.0 Å². The van der Waals surface area contributed by atoms with Crippen LogP contribution >= 0.6 is 0 Å². The van der Waals surface area contributed by atoms with Gasteiger partial charge in [-0.2, -0.15) is 5.10 Å². The van der Waals surface area contributed by atoms with Gasteiger partial charge in [0.05, 0.1) is 11.4 Å². The smallest absolute Gasteiger partial charge is 0.191 e. The van der Waals surface area contributed by atoms with Crippen LogP contribution in [0.2, 0.25) is 0 Å². The first-order chi connectivity index (χ1) is 10.0. The van der Waals surface area contributed by atoms with Gasteiger partial charge >= 0.3 is 0 Å². The van der Waals surface area contributed by atoms with Crippen LogP contribution in [0.3, 0.4) is 0 Å². The lowest BCUT2D eigenvalue weighted by atomic mass is 10.1. The van der Waals surface area contributed by atoms with Gasteiger partial charge in [0.1, 0.15) is 6.61 Å². The van der Waals surface area contributed by atoms with Crippen LogP contribution in [0.1, 0.15) is 23.9 Å². The first kappa shape index (κ1) is 15.4. The Morgan fingerprint density at radius 1 is 1.24 bits per heavy atom. The first-order valence-corrected chi connectivity index (χ1v) is 6.87. The summed E-state index contributed by atoms with van der Waals surface area (Å²) in [5.74, 6) is -1.79. The average Bonchev–Trinajstić information content (AvgIpc) is 2.79. The molecular formula is C15H19F2N3O. The zero-order valence-electron chi connectivity index (χ0n) is 12.2. The minimum absolute atomic E-state index is 0.0631. The molecule has 0 aliphatic heterocycles. The highest BCUT2D eigenvalue weighted by molar-refractivity contribution is 5.31. The molecule has 6 heteroatoms. The Bertz CT molecular complexity index is 602. The highest BCUT2D eigenvalue weighted by atomic mass is 19.1. The molecule has 1 heterocycles. The van der Waals surface area contributed by atoms with Crippen molar-refractivity contribution in [2.45, 2.75) is 26.4 Å². The third-order valence-electron chi connectivity index (χ3n) is 3.25. The van der Waals surface area contributed by atoms with Crippen LogP contribution in [-0.2, 0) is 26.5 Å². The van der Waals surface area contributed by atoms with Crippen molar-refractivity contribution in [2.24, 2.45) is 12.8 Å². The van der Waals surface area contributed by atoms with Gasteiger partial charge in [-0.05, 0) is 43.1 Å². The molecule has 0 radical (unpaired) electrons. The van der Waals surface area contributed by atoms with E-state index >= 15 is 0 Å². The summed E-state index contributed by atoms with van der Waals surface area (Å²) in [6.45, 7) is 2.39. The third kappa shape index (κ3) is 3.58. The van der Waals surface area contributed by atoms with E-state index in [1.54, 1.807) is 11.7 Å². The number of rotatable bonds is 6. The van der Waals surface area contributed by atoms with Gasteiger partial charge in [0.2, 0.25) is 0 Å². The molecule has 0 fully saturated rings. The molecule has 0 atom stereocenters. The number of halogens is 2. The number of hydrogen-bond donors (Lipinski definition) is 1. The number of ether oxygens (including phenoxy) is 1. The summed E-state index contributed by atoms with van der Waals surface area (Å²) in [5.41, 5.74) is 7.57. The predicted octanol–water partition coefficient (Wildman–Crippen LogP) is 2.34. The van der Waals surface area contributed by atoms with Crippen molar-refractivity contribution in [3.63, 3.8) is 0 Å². The molecule has 2 rings (SSSR count). The van der Waals surface area contributed by atoms with E-state index < -0.39 is 11.6 Å². The number of nitrogens with two attached hydrogens (primary N) is 1. The highest BCUT2D eigenvalue weighted by Crippen LogP contribution is 2.24. The van der Waals surface area contributed by atoms with Crippen LogP contribution in [0.25, 0.3) is 0 Å². The fourth-order valence-corrected chi connectivity index (χ4v) is 2.09. The zero-order valence-corrected chi connectivity index (χ0v) is 12.2. The summed E-state index contributed by atoms with van der Waals surface area (Å²) >= 11 is 0. The second kappa shape index (κ2) is 6.67. The van der Waals surface area contributed by atoms with Crippen LogP contribution in [0.4, 0.5) is 8.78 Å². The van der Waals surface area contributed by atoms with E-state index in [9.17, 15) is 8.78 Å². The molecule has 0 aliphatic rings. The van der Waals surface area contributed by atoms with Gasteiger partial charge in [0, 0.05) is 7.05 Å². The van der Waals surface area contributed by atoms with Crippen molar-refractivity contribution in [1.82, 2.24) is 9.78 Å². The maximum absolute atomic E-state index is 13.9. The standard InChI is InChI=1S/C15H19F2N3O/c1-3-11-8-12(20(2)19-11)9-21-15-13(16)6-10(4-5-18)7-14(15)17/h6-8H,3-5,9,18H2,1-2H3. The first-order valence-electron chi connectivity index (χ1n) is 6.87. The SMILES string of the molecule is CCc1cc(COc2c(F)cc(CCN)cc2F)n(C)n1. The lowest BCUT2D eigenvalue weighted by molar-refractivity contribution is 0.265. The van der Waals surface area contributed by atoms with E-state index in [4.69, 9.17) is 10.5 Å². The Morgan fingerprint density at radius 3 is 2.43 bits per heavy atom. The second-order valence-electron chi connectivity index (χ2n) is 4.82. The van der Waals surface area contributed by atoms with Crippen molar-refractivity contribution in [3.8, 4) is 5.75 Å². The van der Waals surface area contributed by atoms with E-state index in [0.29, 0.717) is 18.5 Å². The van der Waals surface area contributed by atoms with Crippen LogP contribution in [0, 0.1) is 11.6 Å². The van der Waals surface area contributed by atoms with Crippen LogP contribution in [0.15, 0.2) is 18.2 Å². The van der Waals surface area contributed by atoms with Gasteiger partial charge in [0.15, 0.2) is 17.4 Å². The normalized spacial score (nSPS) is 10.9. The molecule has 0 amide bonds. The van der Waals surface area contributed by atoms with E-state index in [2.05, 4.69) is 5.10 Å². The van der Waals surface area contributed by atoms with Crippen molar-refractivity contribution < 1.29 is 13.5 Å². The molecule has 0 aliphatic carbocycles. The number of benzene rings is 1. The van der Waals surface area contributed by atoms with Crippen LogP contribution in [-0.4, -0.2) is 16.3 Å². The Balaban J connectivity index is 2.14. The fourth-order valence-electron chi connectivity index (χ4n) is 2.09. The summed E-state index contributed by atoms with van der Waals surface area (Å²) in [5, 5.41) is 4.26. The number of nitrogens with zero attached hydrogens (tertiary/aromatic N) is 2. The fraction of sp³-hybridized carbons (Fsp3) is 0.400. The largest absolute Gasteiger partial charge is 0.481 e. The quantitative estimate of drug-likeness (QED) is 0.890. The molecule has 1 aromatic heterocycles. The van der Waals surface area contributed by atoms with Gasteiger partial charge in [-0.1, -0.05) is 6.92 Å². The minimum Gasteiger partial charge on any atom is -0.481 e. The van der Waals surface area contributed by atoms with E-state index in [-0.39, 0.29) is 12.4 Å². The molecule has 0 saturated carbocycles. The minimum atomic E-state index is -0.712.